The predicted octanol–water partition coefficient (Wildman–Crippen LogP) is 3.02. The number of allylic oxidation sites excluding steroid dienone is 2. The Morgan fingerprint density at radius 3 is 1.40 bits per heavy atom. The van der Waals surface area contributed by atoms with Gasteiger partial charge in [0.1, 0.15) is 0 Å². The van der Waals surface area contributed by atoms with Crippen molar-refractivity contribution in [3.05, 3.63) is 59.7 Å². The summed E-state index contributed by atoms with van der Waals surface area (Å²) in [5, 5.41) is 0. The SMILES string of the molecule is CC=CC(=O)OCCCOC(=O)c1ccccc1C(=O)OCCCOC(=O)C=CC. The Bertz CT molecular complexity index is 714. The van der Waals surface area contributed by atoms with Gasteiger partial charge in [-0.15, -0.1) is 0 Å². The zero-order valence-corrected chi connectivity index (χ0v) is 17.1. The summed E-state index contributed by atoms with van der Waals surface area (Å²) in [4.78, 5) is 46.9. The lowest BCUT2D eigenvalue weighted by atomic mass is 10.1. The first-order valence-electron chi connectivity index (χ1n) is 9.51. The highest BCUT2D eigenvalue weighted by atomic mass is 16.6. The molecule has 30 heavy (non-hydrogen) atoms. The Balaban J connectivity index is 2.44. The highest BCUT2D eigenvalue weighted by Gasteiger charge is 2.19. The Morgan fingerprint density at radius 1 is 0.667 bits per heavy atom. The predicted molar refractivity (Wildman–Crippen MR) is 108 cm³/mol. The summed E-state index contributed by atoms with van der Waals surface area (Å²) < 4.78 is 20.1. The Morgan fingerprint density at radius 2 is 1.03 bits per heavy atom. The zero-order chi connectivity index (χ0) is 22.2. The topological polar surface area (TPSA) is 105 Å². The summed E-state index contributed by atoms with van der Waals surface area (Å²) in [7, 11) is 0. The maximum absolute atomic E-state index is 12.3. The molecule has 0 N–H and O–H groups in total. The molecule has 0 unspecified atom stereocenters. The minimum Gasteiger partial charge on any atom is -0.462 e. The van der Waals surface area contributed by atoms with Crippen LogP contribution in [0.5, 0.6) is 0 Å². The molecule has 0 spiro atoms. The average molecular weight is 418 g/mol. The van der Waals surface area contributed by atoms with Crippen molar-refractivity contribution in [2.45, 2.75) is 26.7 Å². The molecule has 1 aromatic rings. The molecular weight excluding hydrogens is 392 g/mol. The lowest BCUT2D eigenvalue weighted by Crippen LogP contribution is -2.16. The molecule has 1 rings (SSSR count). The molecule has 0 bridgehead atoms. The van der Waals surface area contributed by atoms with Crippen LogP contribution < -0.4 is 0 Å². The largest absolute Gasteiger partial charge is 0.462 e. The second-order valence-electron chi connectivity index (χ2n) is 5.86. The highest BCUT2D eigenvalue weighted by molar-refractivity contribution is 6.03. The second kappa shape index (κ2) is 14.6. The van der Waals surface area contributed by atoms with Crippen LogP contribution in [0.25, 0.3) is 0 Å². The van der Waals surface area contributed by atoms with E-state index in [2.05, 4.69) is 0 Å². The first-order valence-corrected chi connectivity index (χ1v) is 9.51. The fraction of sp³-hybridized carbons (Fsp3) is 0.364. The minimum atomic E-state index is -0.678. The van der Waals surface area contributed by atoms with Crippen molar-refractivity contribution in [2.75, 3.05) is 26.4 Å². The van der Waals surface area contributed by atoms with Gasteiger partial charge in [0.05, 0.1) is 37.6 Å². The molecule has 1 aromatic carbocycles. The van der Waals surface area contributed by atoms with Crippen LogP contribution in [0, 0.1) is 0 Å². The monoisotopic (exact) mass is 418 g/mol. The van der Waals surface area contributed by atoms with E-state index >= 15 is 0 Å². The summed E-state index contributed by atoms with van der Waals surface area (Å²) in [5.74, 6) is -2.28. The summed E-state index contributed by atoms with van der Waals surface area (Å²) in [5.41, 5.74) is 0.154. The third-order valence-electron chi connectivity index (χ3n) is 3.50. The van der Waals surface area contributed by atoms with Gasteiger partial charge in [0, 0.05) is 25.0 Å². The van der Waals surface area contributed by atoms with E-state index < -0.39 is 23.9 Å². The van der Waals surface area contributed by atoms with E-state index in [1.165, 1.54) is 24.3 Å². The first kappa shape index (κ1) is 24.6. The summed E-state index contributed by atoms with van der Waals surface area (Å²) >= 11 is 0. The van der Waals surface area contributed by atoms with E-state index in [0.29, 0.717) is 12.8 Å². The van der Waals surface area contributed by atoms with Gasteiger partial charge in [-0.2, -0.15) is 0 Å². The second-order valence-corrected chi connectivity index (χ2v) is 5.86. The molecule has 8 nitrogen and oxygen atoms in total. The number of carbonyl (C=O) groups is 4. The van der Waals surface area contributed by atoms with Crippen molar-refractivity contribution in [1.82, 2.24) is 0 Å². The van der Waals surface area contributed by atoms with Crippen LogP contribution in [0.1, 0.15) is 47.4 Å². The van der Waals surface area contributed by atoms with Crippen molar-refractivity contribution in [1.29, 1.82) is 0 Å². The molecule has 0 aliphatic rings. The highest BCUT2D eigenvalue weighted by Crippen LogP contribution is 2.12. The number of carbonyl (C=O) groups excluding carboxylic acids is 4. The molecule has 0 aromatic heterocycles. The average Bonchev–Trinajstić information content (AvgIpc) is 2.73. The van der Waals surface area contributed by atoms with Crippen LogP contribution in [-0.2, 0) is 28.5 Å². The maximum atomic E-state index is 12.3. The quantitative estimate of drug-likeness (QED) is 0.221. The molecule has 0 amide bonds. The fourth-order valence-electron chi connectivity index (χ4n) is 2.16. The van der Waals surface area contributed by atoms with E-state index in [0.717, 1.165) is 0 Å². The summed E-state index contributed by atoms with van der Waals surface area (Å²) in [6.45, 7) is 3.68. The molecule has 0 saturated carbocycles. The maximum Gasteiger partial charge on any atom is 0.339 e. The third kappa shape index (κ3) is 9.68. The lowest BCUT2D eigenvalue weighted by Gasteiger charge is -2.10. The Hall–Kier alpha value is -3.42. The van der Waals surface area contributed by atoms with E-state index in [-0.39, 0.29) is 37.6 Å². The molecule has 0 atom stereocenters. The summed E-state index contributed by atoms with van der Waals surface area (Å²) in [6.07, 6.45) is 6.37. The smallest absolute Gasteiger partial charge is 0.339 e. The molecule has 0 fully saturated rings. The first-order chi connectivity index (χ1) is 14.5. The van der Waals surface area contributed by atoms with E-state index in [1.54, 1.807) is 38.1 Å². The van der Waals surface area contributed by atoms with Gasteiger partial charge in [0.25, 0.3) is 0 Å². The van der Waals surface area contributed by atoms with Crippen LogP contribution in [0.15, 0.2) is 48.6 Å². The van der Waals surface area contributed by atoms with Crippen LogP contribution >= 0.6 is 0 Å². The van der Waals surface area contributed by atoms with Crippen LogP contribution in [0.2, 0.25) is 0 Å². The lowest BCUT2D eigenvalue weighted by molar-refractivity contribution is -0.139. The van der Waals surface area contributed by atoms with Gasteiger partial charge in [0.2, 0.25) is 0 Å². The van der Waals surface area contributed by atoms with Gasteiger partial charge in [-0.3, -0.25) is 0 Å². The minimum absolute atomic E-state index is 0.0307. The van der Waals surface area contributed by atoms with E-state index in [4.69, 9.17) is 18.9 Å². The molecule has 0 saturated heterocycles. The molecule has 162 valence electrons. The van der Waals surface area contributed by atoms with Crippen molar-refractivity contribution in [3.8, 4) is 0 Å². The van der Waals surface area contributed by atoms with E-state index in [9.17, 15) is 19.2 Å². The zero-order valence-electron chi connectivity index (χ0n) is 17.1. The van der Waals surface area contributed by atoms with Gasteiger partial charge in [-0.05, 0) is 26.0 Å². The number of hydrogen-bond acceptors (Lipinski definition) is 8. The van der Waals surface area contributed by atoms with Crippen molar-refractivity contribution in [3.63, 3.8) is 0 Å². The molecule has 0 heterocycles. The number of rotatable bonds is 12. The molecule has 0 aliphatic carbocycles. The summed E-state index contributed by atoms with van der Waals surface area (Å²) in [6, 6.07) is 6.13. The standard InChI is InChI=1S/C22H26O8/c1-3-9-19(23)27-13-7-15-29-21(25)17-11-5-6-12-18(17)22(26)30-16-8-14-28-20(24)10-4-2/h3-6,9-12H,7-8,13-16H2,1-2H3. The Kier molecular flexibility index (Phi) is 11.9. The van der Waals surface area contributed by atoms with Crippen molar-refractivity contribution in [2.24, 2.45) is 0 Å². The number of hydrogen-bond donors (Lipinski definition) is 0. The van der Waals surface area contributed by atoms with Gasteiger partial charge in [-0.25, -0.2) is 19.2 Å². The third-order valence-corrected chi connectivity index (χ3v) is 3.50. The number of benzene rings is 1. The van der Waals surface area contributed by atoms with Crippen LogP contribution in [0.4, 0.5) is 0 Å². The van der Waals surface area contributed by atoms with E-state index in [1.807, 2.05) is 0 Å². The van der Waals surface area contributed by atoms with Crippen molar-refractivity contribution < 1.29 is 38.1 Å². The fourth-order valence-corrected chi connectivity index (χ4v) is 2.16. The van der Waals surface area contributed by atoms with Crippen LogP contribution in [-0.4, -0.2) is 50.3 Å². The molecule has 0 aliphatic heterocycles. The molecule has 8 heteroatoms. The van der Waals surface area contributed by atoms with Gasteiger partial charge < -0.3 is 18.9 Å². The molecular formula is C22H26O8. The van der Waals surface area contributed by atoms with Gasteiger partial charge in [0.15, 0.2) is 0 Å². The van der Waals surface area contributed by atoms with Gasteiger partial charge in [-0.1, -0.05) is 24.3 Å². The Labute approximate surface area is 175 Å². The van der Waals surface area contributed by atoms with Crippen LogP contribution in [0.3, 0.4) is 0 Å². The van der Waals surface area contributed by atoms with Crippen molar-refractivity contribution >= 4 is 23.9 Å². The normalized spacial score (nSPS) is 10.7. The number of ether oxygens (including phenoxy) is 4. The van der Waals surface area contributed by atoms with Gasteiger partial charge >= 0.3 is 23.9 Å². The number of esters is 4. The molecule has 0 radical (unpaired) electrons.